The van der Waals surface area contributed by atoms with Crippen molar-refractivity contribution >= 4 is 11.5 Å². The minimum absolute atomic E-state index is 0.0438. The van der Waals surface area contributed by atoms with Gasteiger partial charge in [-0.25, -0.2) is 4.39 Å². The third-order valence-corrected chi connectivity index (χ3v) is 3.17. The molecular formula is C14H14FN3O3. The summed E-state index contributed by atoms with van der Waals surface area (Å²) in [7, 11) is 0. The highest BCUT2D eigenvalue weighted by atomic mass is 19.1. The number of Topliss-reactive ketones (excluding diaryl/α,β-unsaturated/α-hetero) is 1. The third kappa shape index (κ3) is 3.31. The van der Waals surface area contributed by atoms with E-state index in [0.29, 0.717) is 11.3 Å². The number of carbonyl (C=O) groups excluding carboxylic acids is 1. The van der Waals surface area contributed by atoms with Gasteiger partial charge in [0.05, 0.1) is 4.92 Å². The maximum atomic E-state index is 12.8. The molecule has 0 atom stereocenters. The third-order valence-electron chi connectivity index (χ3n) is 3.17. The lowest BCUT2D eigenvalue weighted by Gasteiger charge is -2.03. The van der Waals surface area contributed by atoms with E-state index in [9.17, 15) is 19.3 Å². The first-order valence-corrected chi connectivity index (χ1v) is 6.33. The van der Waals surface area contributed by atoms with Crippen molar-refractivity contribution in [2.75, 3.05) is 0 Å². The molecular weight excluding hydrogens is 277 g/mol. The zero-order valence-electron chi connectivity index (χ0n) is 11.7. The van der Waals surface area contributed by atoms with E-state index in [0.717, 1.165) is 0 Å². The number of nitro groups is 1. The molecule has 0 N–H and O–H groups in total. The van der Waals surface area contributed by atoms with Crippen LogP contribution >= 0.6 is 0 Å². The monoisotopic (exact) mass is 291 g/mol. The molecule has 0 unspecified atom stereocenters. The van der Waals surface area contributed by atoms with Gasteiger partial charge in [-0.05, 0) is 31.5 Å². The molecule has 0 fully saturated rings. The number of carbonyl (C=O) groups is 1. The van der Waals surface area contributed by atoms with Gasteiger partial charge in [0.1, 0.15) is 23.7 Å². The van der Waals surface area contributed by atoms with Crippen LogP contribution in [0.1, 0.15) is 17.0 Å². The molecule has 0 bridgehead atoms. The van der Waals surface area contributed by atoms with Gasteiger partial charge < -0.3 is 0 Å². The molecule has 1 heterocycles. The number of hydrogen-bond donors (Lipinski definition) is 0. The molecule has 110 valence electrons. The normalized spacial score (nSPS) is 10.6. The number of hydrogen-bond acceptors (Lipinski definition) is 4. The van der Waals surface area contributed by atoms with Crippen molar-refractivity contribution in [3.63, 3.8) is 0 Å². The first-order chi connectivity index (χ1) is 9.88. The van der Waals surface area contributed by atoms with Gasteiger partial charge in [-0.1, -0.05) is 12.1 Å². The molecule has 0 aliphatic carbocycles. The minimum atomic E-state index is -0.501. The molecule has 0 saturated carbocycles. The molecule has 1 aromatic heterocycles. The zero-order valence-corrected chi connectivity index (χ0v) is 11.7. The number of aromatic nitrogens is 2. The van der Waals surface area contributed by atoms with Crippen LogP contribution in [0, 0.1) is 29.8 Å². The van der Waals surface area contributed by atoms with Crippen molar-refractivity contribution in [1.82, 2.24) is 9.78 Å². The van der Waals surface area contributed by atoms with Gasteiger partial charge in [-0.2, -0.15) is 5.10 Å². The molecule has 0 spiro atoms. The van der Waals surface area contributed by atoms with Crippen LogP contribution in [0.5, 0.6) is 0 Å². The second-order valence-corrected chi connectivity index (χ2v) is 4.78. The van der Waals surface area contributed by atoms with E-state index >= 15 is 0 Å². The Morgan fingerprint density at radius 2 is 1.95 bits per heavy atom. The molecule has 0 radical (unpaired) electrons. The maximum Gasteiger partial charge on any atom is 0.312 e. The summed E-state index contributed by atoms with van der Waals surface area (Å²) in [6, 6.07) is 5.65. The highest BCUT2D eigenvalue weighted by Gasteiger charge is 2.22. The topological polar surface area (TPSA) is 78.0 Å². The van der Waals surface area contributed by atoms with Gasteiger partial charge in [0.15, 0.2) is 5.78 Å². The Hall–Kier alpha value is -2.57. The van der Waals surface area contributed by atoms with Gasteiger partial charge in [-0.3, -0.25) is 19.6 Å². The van der Waals surface area contributed by atoms with Crippen LogP contribution in [0.25, 0.3) is 0 Å². The minimum Gasteiger partial charge on any atom is -0.297 e. The molecule has 21 heavy (non-hydrogen) atoms. The highest BCUT2D eigenvalue weighted by Crippen LogP contribution is 2.21. The predicted molar refractivity (Wildman–Crippen MR) is 73.5 cm³/mol. The van der Waals surface area contributed by atoms with E-state index in [1.807, 2.05) is 0 Å². The van der Waals surface area contributed by atoms with Crippen LogP contribution in [-0.4, -0.2) is 20.5 Å². The van der Waals surface area contributed by atoms with Crippen molar-refractivity contribution in [2.24, 2.45) is 0 Å². The van der Waals surface area contributed by atoms with Crippen LogP contribution in [0.3, 0.4) is 0 Å². The summed E-state index contributed by atoms with van der Waals surface area (Å²) in [4.78, 5) is 22.4. The molecule has 7 heteroatoms. The fourth-order valence-electron chi connectivity index (χ4n) is 2.16. The summed E-state index contributed by atoms with van der Waals surface area (Å²) < 4.78 is 14.1. The standard InChI is InChI=1S/C14H14FN3O3/c1-9-14(18(20)21)10(2)17(16-9)8-13(19)7-11-3-5-12(15)6-4-11/h3-6H,7-8H2,1-2H3. The van der Waals surface area contributed by atoms with Gasteiger partial charge >= 0.3 is 5.69 Å². The van der Waals surface area contributed by atoms with Crippen LogP contribution in [0.4, 0.5) is 10.1 Å². The summed E-state index contributed by atoms with van der Waals surface area (Å²) in [5, 5.41) is 14.9. The molecule has 6 nitrogen and oxygen atoms in total. The highest BCUT2D eigenvalue weighted by molar-refractivity contribution is 5.80. The first kappa shape index (κ1) is 14.8. The molecule has 2 rings (SSSR count). The van der Waals surface area contributed by atoms with Crippen molar-refractivity contribution < 1.29 is 14.1 Å². The summed E-state index contributed by atoms with van der Waals surface area (Å²) in [6.07, 6.45) is 0.131. The second-order valence-electron chi connectivity index (χ2n) is 4.78. The largest absolute Gasteiger partial charge is 0.312 e. The van der Waals surface area contributed by atoms with E-state index in [1.54, 1.807) is 6.92 Å². The number of halogens is 1. The summed E-state index contributed by atoms with van der Waals surface area (Å²) in [5.74, 6) is -0.512. The van der Waals surface area contributed by atoms with Crippen LogP contribution < -0.4 is 0 Å². The van der Waals surface area contributed by atoms with E-state index in [2.05, 4.69) is 5.10 Å². The Kier molecular flexibility index (Phi) is 4.11. The van der Waals surface area contributed by atoms with Crippen molar-refractivity contribution in [3.05, 3.63) is 57.1 Å². The maximum absolute atomic E-state index is 12.8. The van der Waals surface area contributed by atoms with Crippen LogP contribution in [0.15, 0.2) is 24.3 Å². The van der Waals surface area contributed by atoms with Crippen molar-refractivity contribution in [2.45, 2.75) is 26.8 Å². The number of aryl methyl sites for hydroxylation is 1. The number of rotatable bonds is 5. The Morgan fingerprint density at radius 3 is 2.48 bits per heavy atom. The van der Waals surface area contributed by atoms with Gasteiger partial charge in [0, 0.05) is 6.42 Å². The van der Waals surface area contributed by atoms with E-state index < -0.39 is 4.92 Å². The fourth-order valence-corrected chi connectivity index (χ4v) is 2.16. The lowest BCUT2D eigenvalue weighted by molar-refractivity contribution is -0.386. The fraction of sp³-hybridized carbons (Fsp3) is 0.286. The summed E-state index contributed by atoms with van der Waals surface area (Å²) in [5.41, 5.74) is 1.26. The Morgan fingerprint density at radius 1 is 1.33 bits per heavy atom. The van der Waals surface area contributed by atoms with E-state index in [1.165, 1.54) is 35.9 Å². The average Bonchev–Trinajstić information content (AvgIpc) is 2.67. The van der Waals surface area contributed by atoms with Crippen LogP contribution in [-0.2, 0) is 17.8 Å². The Bertz CT molecular complexity index is 692. The van der Waals surface area contributed by atoms with Gasteiger partial charge in [-0.15, -0.1) is 0 Å². The Balaban J connectivity index is 2.11. The Labute approximate surface area is 120 Å². The summed E-state index contributed by atoms with van der Waals surface area (Å²) in [6.45, 7) is 3.05. The van der Waals surface area contributed by atoms with E-state index in [4.69, 9.17) is 0 Å². The number of nitrogens with zero attached hydrogens (tertiary/aromatic N) is 3. The quantitative estimate of drug-likeness (QED) is 0.625. The number of ketones is 1. The smallest absolute Gasteiger partial charge is 0.297 e. The van der Waals surface area contributed by atoms with Crippen LogP contribution in [0.2, 0.25) is 0 Å². The molecule has 1 aromatic carbocycles. The summed E-state index contributed by atoms with van der Waals surface area (Å²) >= 11 is 0. The van der Waals surface area contributed by atoms with Crippen molar-refractivity contribution in [3.8, 4) is 0 Å². The first-order valence-electron chi connectivity index (χ1n) is 6.33. The lowest BCUT2D eigenvalue weighted by atomic mass is 10.1. The molecule has 2 aromatic rings. The number of benzene rings is 1. The van der Waals surface area contributed by atoms with E-state index in [-0.39, 0.29) is 35.9 Å². The predicted octanol–water partition coefficient (Wildman–Crippen LogP) is 2.36. The SMILES string of the molecule is Cc1nn(CC(=O)Cc2ccc(F)cc2)c(C)c1[N+](=O)[O-]. The molecule has 0 aliphatic rings. The van der Waals surface area contributed by atoms with Gasteiger partial charge in [0.25, 0.3) is 0 Å². The lowest BCUT2D eigenvalue weighted by Crippen LogP contribution is -2.15. The second kappa shape index (κ2) is 5.82. The molecule has 0 aliphatic heterocycles. The van der Waals surface area contributed by atoms with Crippen molar-refractivity contribution in [1.29, 1.82) is 0 Å². The average molecular weight is 291 g/mol. The zero-order chi connectivity index (χ0) is 15.6. The van der Waals surface area contributed by atoms with Gasteiger partial charge in [0.2, 0.25) is 0 Å². The molecule has 0 saturated heterocycles. The molecule has 0 amide bonds.